The van der Waals surface area contributed by atoms with Gasteiger partial charge in [0.05, 0.1) is 18.6 Å². The fourth-order valence-electron chi connectivity index (χ4n) is 5.27. The number of carbonyl (C=O) groups excluding carboxylic acids is 4. The van der Waals surface area contributed by atoms with E-state index in [0.29, 0.717) is 17.3 Å². The van der Waals surface area contributed by atoms with Gasteiger partial charge < -0.3 is 41.4 Å². The normalized spacial score (nSPS) is 15.1. The van der Waals surface area contributed by atoms with Crippen molar-refractivity contribution >= 4 is 46.3 Å². The van der Waals surface area contributed by atoms with Crippen molar-refractivity contribution in [2.24, 2.45) is 11.8 Å². The number of nitrogens with one attached hydrogen (secondary N) is 4. The molecule has 2 aromatic rings. The highest BCUT2D eigenvalue weighted by Gasteiger charge is 2.36. The van der Waals surface area contributed by atoms with Crippen molar-refractivity contribution < 1.29 is 49.2 Å². The van der Waals surface area contributed by atoms with Gasteiger partial charge in [0.15, 0.2) is 11.8 Å². The molecule has 1 aromatic carbocycles. The summed E-state index contributed by atoms with van der Waals surface area (Å²) in [6.07, 6.45) is 6.41. The molecule has 1 aromatic heterocycles. The van der Waals surface area contributed by atoms with Crippen LogP contribution in [0.5, 0.6) is 0 Å². The summed E-state index contributed by atoms with van der Waals surface area (Å²) in [5, 5.41) is 46.0. The number of aliphatic carboxylic acids is 2. The highest BCUT2D eigenvalue weighted by molar-refractivity contribution is 6.20. The summed E-state index contributed by atoms with van der Waals surface area (Å²) in [5.41, 5.74) is 0.545. The van der Waals surface area contributed by atoms with Crippen molar-refractivity contribution in [1.82, 2.24) is 20.9 Å². The number of fused-ring (bicyclic) bond motifs is 1. The number of amides is 3. The number of carboxylic acid groups (broad SMARTS) is 2. The Bertz CT molecular complexity index is 1380. The summed E-state index contributed by atoms with van der Waals surface area (Å²) in [6.45, 7) is 4.45. The summed E-state index contributed by atoms with van der Waals surface area (Å²) >= 11 is 0. The molecule has 0 aliphatic carbocycles. The molecule has 2 rings (SSSR count). The Balaban J connectivity index is 2.25. The SMILES string of the molecule is CCCCCCCCC(C)C(O)C(C)C(=O)N[C@@H](CCC(=O)O)C(=O)NC(C(=O)N[C@@H](CO)C(=O)O)C(=O)c1c[nH]c2ccccc12. The Labute approximate surface area is 273 Å². The van der Waals surface area contributed by atoms with Crippen LogP contribution >= 0.6 is 0 Å². The van der Waals surface area contributed by atoms with Crippen LogP contribution in [0.15, 0.2) is 30.5 Å². The number of Topliss-reactive ketones (excluding diaryl/α,β-unsaturated/α-hetero) is 1. The number of hydrogen-bond acceptors (Lipinski definition) is 8. The number of hydrogen-bond donors (Lipinski definition) is 8. The average molecular weight is 661 g/mol. The van der Waals surface area contributed by atoms with Crippen molar-refractivity contribution in [2.75, 3.05) is 6.61 Å². The van der Waals surface area contributed by atoms with E-state index in [1.807, 2.05) is 12.2 Å². The molecule has 47 heavy (non-hydrogen) atoms. The Morgan fingerprint density at radius 3 is 2.09 bits per heavy atom. The fraction of sp³-hybridized carbons (Fsp3) is 0.576. The monoisotopic (exact) mass is 660 g/mol. The lowest BCUT2D eigenvalue weighted by atomic mass is 9.88. The molecule has 8 N–H and O–H groups in total. The first-order valence-corrected chi connectivity index (χ1v) is 16.1. The van der Waals surface area contributed by atoms with E-state index in [2.05, 4.69) is 22.5 Å². The number of aliphatic hydroxyl groups is 2. The molecular formula is C33H48N4O10. The second-order valence-corrected chi connectivity index (χ2v) is 11.9. The van der Waals surface area contributed by atoms with E-state index in [4.69, 9.17) is 0 Å². The number of unbranched alkanes of at least 4 members (excludes halogenated alkanes) is 5. The number of H-pyrrole nitrogens is 1. The number of aromatic amines is 1. The third-order valence-electron chi connectivity index (χ3n) is 8.26. The van der Waals surface area contributed by atoms with Crippen molar-refractivity contribution in [1.29, 1.82) is 0 Å². The Morgan fingerprint density at radius 2 is 1.45 bits per heavy atom. The predicted octanol–water partition coefficient (Wildman–Crippen LogP) is 2.13. The second-order valence-electron chi connectivity index (χ2n) is 11.9. The van der Waals surface area contributed by atoms with Gasteiger partial charge in [-0.1, -0.05) is 77.5 Å². The first-order valence-electron chi connectivity index (χ1n) is 16.1. The zero-order valence-electron chi connectivity index (χ0n) is 27.2. The Hall–Kier alpha value is -4.30. The van der Waals surface area contributed by atoms with Gasteiger partial charge in [-0.2, -0.15) is 0 Å². The molecule has 0 spiro atoms. The molecule has 3 amide bonds. The average Bonchev–Trinajstić information content (AvgIpc) is 3.48. The molecule has 4 unspecified atom stereocenters. The lowest BCUT2D eigenvalue weighted by Crippen LogP contribution is -2.59. The number of para-hydroxylation sites is 1. The lowest BCUT2D eigenvalue weighted by molar-refractivity contribution is -0.143. The van der Waals surface area contributed by atoms with Gasteiger partial charge in [0.1, 0.15) is 12.1 Å². The van der Waals surface area contributed by atoms with E-state index in [9.17, 15) is 49.2 Å². The predicted molar refractivity (Wildman–Crippen MR) is 172 cm³/mol. The molecule has 0 saturated heterocycles. The molecule has 0 fully saturated rings. The van der Waals surface area contributed by atoms with Crippen LogP contribution in [0.25, 0.3) is 10.9 Å². The number of aromatic nitrogens is 1. The quantitative estimate of drug-likeness (QED) is 0.0520. The van der Waals surface area contributed by atoms with Gasteiger partial charge in [-0.15, -0.1) is 0 Å². The van der Waals surface area contributed by atoms with Gasteiger partial charge >= 0.3 is 11.9 Å². The van der Waals surface area contributed by atoms with Gasteiger partial charge in [-0.3, -0.25) is 24.0 Å². The highest BCUT2D eigenvalue weighted by Crippen LogP contribution is 2.22. The summed E-state index contributed by atoms with van der Waals surface area (Å²) in [4.78, 5) is 79.3. The smallest absolute Gasteiger partial charge is 0.328 e. The minimum Gasteiger partial charge on any atom is -0.481 e. The minimum absolute atomic E-state index is 0.000796. The zero-order valence-corrected chi connectivity index (χ0v) is 27.2. The maximum absolute atomic E-state index is 13.7. The van der Waals surface area contributed by atoms with Crippen LogP contribution in [0.2, 0.25) is 0 Å². The summed E-state index contributed by atoms with van der Waals surface area (Å²) < 4.78 is 0. The van der Waals surface area contributed by atoms with Crippen LogP contribution in [0.1, 0.15) is 88.9 Å². The second kappa shape index (κ2) is 19.4. The van der Waals surface area contributed by atoms with Crippen LogP contribution in [-0.4, -0.2) is 91.7 Å². The molecule has 14 heteroatoms. The number of carboxylic acids is 2. The van der Waals surface area contributed by atoms with Gasteiger partial charge in [0, 0.05) is 29.1 Å². The standard InChI is InChI=1S/C33H48N4O10/c1-4-5-6-7-8-9-12-19(2)28(41)20(3)30(43)35-24(15-16-26(39)40)31(44)37-27(32(45)36-25(18-38)33(46)47)29(42)22-17-34-23-14-11-10-13-21(22)23/h10-11,13-14,17,19-20,24-25,27-28,34,38,41H,4-9,12,15-16,18H2,1-3H3,(H,35,43)(H,36,45)(H,37,44)(H,39,40)(H,46,47)/t19?,20?,24-,25-,27?,28?/m0/s1. The lowest BCUT2D eigenvalue weighted by Gasteiger charge is -2.27. The highest BCUT2D eigenvalue weighted by atomic mass is 16.4. The van der Waals surface area contributed by atoms with E-state index >= 15 is 0 Å². The van der Waals surface area contributed by atoms with E-state index < -0.39 is 85.0 Å². The molecule has 0 saturated carbocycles. The summed E-state index contributed by atoms with van der Waals surface area (Å²) in [5.74, 6) is -8.04. The van der Waals surface area contributed by atoms with E-state index in [0.717, 1.165) is 32.1 Å². The van der Waals surface area contributed by atoms with Crippen molar-refractivity contribution in [3.05, 3.63) is 36.0 Å². The minimum atomic E-state index is -2.01. The Kier molecular flexibility index (Phi) is 16.0. The molecule has 1 heterocycles. The van der Waals surface area contributed by atoms with Crippen molar-refractivity contribution in [3.8, 4) is 0 Å². The molecule has 0 aliphatic rings. The van der Waals surface area contributed by atoms with Crippen LogP contribution in [0, 0.1) is 11.8 Å². The van der Waals surface area contributed by atoms with Gasteiger partial charge in [-0.25, -0.2) is 4.79 Å². The van der Waals surface area contributed by atoms with Gasteiger partial charge in [0.25, 0.3) is 5.91 Å². The van der Waals surface area contributed by atoms with E-state index in [1.54, 1.807) is 24.3 Å². The number of benzene rings is 1. The Morgan fingerprint density at radius 1 is 0.809 bits per heavy atom. The van der Waals surface area contributed by atoms with Crippen molar-refractivity contribution in [2.45, 2.75) is 103 Å². The number of aliphatic hydroxyl groups excluding tert-OH is 2. The zero-order chi connectivity index (χ0) is 35.1. The molecule has 0 aliphatic heterocycles. The number of rotatable bonds is 22. The molecule has 0 radical (unpaired) electrons. The van der Waals surface area contributed by atoms with Crippen LogP contribution in [0.3, 0.4) is 0 Å². The first-order chi connectivity index (χ1) is 22.3. The molecule has 14 nitrogen and oxygen atoms in total. The third-order valence-corrected chi connectivity index (χ3v) is 8.26. The first kappa shape index (κ1) is 38.9. The van der Waals surface area contributed by atoms with E-state index in [1.165, 1.54) is 19.5 Å². The van der Waals surface area contributed by atoms with Crippen molar-refractivity contribution in [3.63, 3.8) is 0 Å². The topological polar surface area (TPSA) is 235 Å². The van der Waals surface area contributed by atoms with E-state index in [-0.39, 0.29) is 11.5 Å². The van der Waals surface area contributed by atoms with Gasteiger partial charge in [-0.05, 0) is 24.8 Å². The van der Waals surface area contributed by atoms with Gasteiger partial charge in [0.2, 0.25) is 11.8 Å². The number of carbonyl (C=O) groups is 6. The molecule has 260 valence electrons. The summed E-state index contributed by atoms with van der Waals surface area (Å²) in [7, 11) is 0. The van der Waals surface area contributed by atoms with Crippen LogP contribution in [-0.2, 0) is 24.0 Å². The third kappa shape index (κ3) is 11.8. The largest absolute Gasteiger partial charge is 0.481 e. The maximum Gasteiger partial charge on any atom is 0.328 e. The molecular weight excluding hydrogens is 612 g/mol. The number of ketones is 1. The summed E-state index contributed by atoms with van der Waals surface area (Å²) in [6, 6.07) is 1.30. The van der Waals surface area contributed by atoms with Crippen LogP contribution < -0.4 is 16.0 Å². The maximum atomic E-state index is 13.7. The molecule has 6 atom stereocenters. The fourth-order valence-corrected chi connectivity index (χ4v) is 5.27. The molecule has 0 bridgehead atoms. The van der Waals surface area contributed by atoms with Crippen LogP contribution in [0.4, 0.5) is 0 Å².